The average molecular weight is 601 g/mol. The first-order chi connectivity index (χ1) is 19.9. The third kappa shape index (κ3) is 6.20. The van der Waals surface area contributed by atoms with E-state index in [-0.39, 0.29) is 5.75 Å². The Morgan fingerprint density at radius 1 is 1.10 bits per heavy atom. The second-order valence-corrected chi connectivity index (χ2v) is 12.2. The van der Waals surface area contributed by atoms with Crippen molar-refractivity contribution >= 4 is 35.5 Å². The summed E-state index contributed by atoms with van der Waals surface area (Å²) < 4.78 is 38.0. The van der Waals surface area contributed by atoms with Crippen LogP contribution in [0.4, 0.5) is 0 Å². The van der Waals surface area contributed by atoms with E-state index in [9.17, 15) is 24.1 Å². The molecule has 224 valence electrons. The van der Waals surface area contributed by atoms with Crippen molar-refractivity contribution in [3.63, 3.8) is 0 Å². The Morgan fingerprint density at radius 2 is 1.83 bits per heavy atom. The molecule has 2 aromatic heterocycles. The predicted octanol–water partition coefficient (Wildman–Crippen LogP) is 3.20. The molecule has 0 saturated carbocycles. The quantitative estimate of drug-likeness (QED) is 0.156. The molecule has 0 aliphatic carbocycles. The highest BCUT2D eigenvalue weighted by Crippen LogP contribution is 2.47. The second kappa shape index (κ2) is 11.9. The van der Waals surface area contributed by atoms with E-state index in [0.29, 0.717) is 0 Å². The van der Waals surface area contributed by atoms with Crippen LogP contribution in [0.5, 0.6) is 5.75 Å². The van der Waals surface area contributed by atoms with Crippen LogP contribution in [-0.2, 0) is 23.4 Å². The number of nitrogens with one attached hydrogen (secondary N) is 3. The number of rotatable bonds is 10. The van der Waals surface area contributed by atoms with Crippen LogP contribution < -0.4 is 20.9 Å². The number of H-pyrrole nitrogens is 2. The summed E-state index contributed by atoms with van der Waals surface area (Å²) in [6.07, 6.45) is -2.18. The monoisotopic (exact) mass is 600 g/mol. The van der Waals surface area contributed by atoms with Gasteiger partial charge in [0.15, 0.2) is 0 Å². The van der Waals surface area contributed by atoms with Crippen molar-refractivity contribution in [2.45, 2.75) is 58.3 Å². The van der Waals surface area contributed by atoms with Gasteiger partial charge in [0, 0.05) is 40.0 Å². The van der Waals surface area contributed by atoms with Crippen LogP contribution in [0, 0.1) is 5.92 Å². The summed E-state index contributed by atoms with van der Waals surface area (Å²) >= 11 is 0. The number of esters is 1. The number of benzene rings is 2. The number of hydrogen-bond acceptors (Lipinski definition) is 9. The van der Waals surface area contributed by atoms with Crippen molar-refractivity contribution in [3.05, 3.63) is 75.6 Å². The number of fused-ring (bicyclic) bond motifs is 3. The number of hydrogen-bond donors (Lipinski definition) is 4. The number of aromatic nitrogens is 3. The molecule has 6 unspecified atom stereocenters. The lowest BCUT2D eigenvalue weighted by Gasteiger charge is -2.25. The van der Waals surface area contributed by atoms with Gasteiger partial charge < -0.3 is 24.1 Å². The molecular weight excluding hydrogens is 567 g/mol. The van der Waals surface area contributed by atoms with Crippen LogP contribution in [0.1, 0.15) is 33.9 Å². The van der Waals surface area contributed by atoms with Crippen LogP contribution >= 0.6 is 7.75 Å². The molecule has 4 aromatic rings. The minimum Gasteiger partial charge on any atom is -0.462 e. The number of para-hydroxylation sites is 1. The number of aliphatic hydroxyl groups is 1. The smallest absolute Gasteiger partial charge is 0.459 e. The van der Waals surface area contributed by atoms with Gasteiger partial charge in [0.1, 0.15) is 24.1 Å². The van der Waals surface area contributed by atoms with Crippen LogP contribution in [0.25, 0.3) is 21.8 Å². The molecule has 6 atom stereocenters. The number of aromatic amines is 2. The molecule has 0 radical (unpaired) electrons. The van der Waals surface area contributed by atoms with Gasteiger partial charge in [0.2, 0.25) is 0 Å². The van der Waals surface area contributed by atoms with Gasteiger partial charge in [-0.05, 0) is 45.0 Å². The van der Waals surface area contributed by atoms with Gasteiger partial charge in [0.05, 0.1) is 18.8 Å². The third-order valence-corrected chi connectivity index (χ3v) is 8.62. The Labute approximate surface area is 240 Å². The molecule has 42 heavy (non-hydrogen) atoms. The van der Waals surface area contributed by atoms with Gasteiger partial charge >= 0.3 is 19.4 Å². The Balaban J connectivity index is 1.39. The standard InChI is InChI=1S/C28H33N4O9P/c1-15(2)39-27(35)17(4)31-42(37,41-18-9-10-22-20(13-18)19-7-5-6-8-21(19)29-22)38-14-23-25(34)16(3)26(40-23)32-12-11-24(33)30-28(32)36/h5-13,15-17,23,25-26,29,34H,14H2,1-4H3,(H,31,37)(H,30,33,36). The predicted molar refractivity (Wildman–Crippen MR) is 154 cm³/mol. The molecule has 5 rings (SSSR count). The molecule has 4 N–H and O–H groups in total. The van der Waals surface area contributed by atoms with Crippen molar-refractivity contribution < 1.29 is 33.0 Å². The number of carbonyl (C=O) groups excluding carboxylic acids is 1. The number of carbonyl (C=O) groups is 1. The van der Waals surface area contributed by atoms with Gasteiger partial charge in [-0.3, -0.25) is 23.7 Å². The first-order valence-electron chi connectivity index (χ1n) is 13.5. The molecule has 1 saturated heterocycles. The maximum Gasteiger partial charge on any atom is 0.459 e. The lowest BCUT2D eigenvalue weighted by Crippen LogP contribution is -2.37. The van der Waals surface area contributed by atoms with E-state index in [1.54, 1.807) is 39.0 Å². The fourth-order valence-corrected chi connectivity index (χ4v) is 6.38. The zero-order chi connectivity index (χ0) is 30.2. The summed E-state index contributed by atoms with van der Waals surface area (Å²) in [7, 11) is -4.29. The number of nitrogens with zero attached hydrogens (tertiary/aromatic N) is 1. The van der Waals surface area contributed by atoms with Crippen molar-refractivity contribution in [2.24, 2.45) is 5.92 Å². The Kier molecular flexibility index (Phi) is 8.40. The molecular formula is C28H33N4O9P. The van der Waals surface area contributed by atoms with Gasteiger partial charge in [-0.15, -0.1) is 0 Å². The third-order valence-electron chi connectivity index (χ3n) is 6.98. The molecule has 0 spiro atoms. The molecule has 1 aliphatic rings. The summed E-state index contributed by atoms with van der Waals surface area (Å²) in [6.45, 7) is 6.11. The van der Waals surface area contributed by atoms with E-state index in [4.69, 9.17) is 18.5 Å². The summed E-state index contributed by atoms with van der Waals surface area (Å²) in [6, 6.07) is 12.9. The molecule has 13 nitrogen and oxygen atoms in total. The lowest BCUT2D eigenvalue weighted by atomic mass is 10.0. The van der Waals surface area contributed by atoms with Crippen LogP contribution in [0.3, 0.4) is 0 Å². The summed E-state index contributed by atoms with van der Waals surface area (Å²) in [4.78, 5) is 41.8. The number of ether oxygens (including phenoxy) is 2. The van der Waals surface area contributed by atoms with E-state index >= 15 is 0 Å². The Morgan fingerprint density at radius 3 is 2.57 bits per heavy atom. The highest BCUT2D eigenvalue weighted by atomic mass is 31.2. The lowest BCUT2D eigenvalue weighted by molar-refractivity contribution is -0.149. The van der Waals surface area contributed by atoms with Gasteiger partial charge in [0.25, 0.3) is 5.56 Å². The maximum absolute atomic E-state index is 14.1. The molecule has 1 aliphatic heterocycles. The average Bonchev–Trinajstić information content (AvgIpc) is 3.44. The van der Waals surface area contributed by atoms with E-state index in [1.165, 1.54) is 19.2 Å². The van der Waals surface area contributed by atoms with Gasteiger partial charge in [-0.2, -0.15) is 5.09 Å². The summed E-state index contributed by atoms with van der Waals surface area (Å²) in [5.74, 6) is -1.03. The summed E-state index contributed by atoms with van der Waals surface area (Å²) in [5.41, 5.74) is 0.502. The first kappa shape index (κ1) is 29.7. The minimum atomic E-state index is -4.29. The largest absolute Gasteiger partial charge is 0.462 e. The normalized spacial score (nSPS) is 22.8. The van der Waals surface area contributed by atoms with Crippen LogP contribution in [-0.4, -0.2) is 56.6 Å². The topological polar surface area (TPSA) is 174 Å². The van der Waals surface area contributed by atoms with Crippen molar-refractivity contribution in [1.29, 1.82) is 0 Å². The van der Waals surface area contributed by atoms with Crippen LogP contribution in [0.15, 0.2) is 64.3 Å². The maximum atomic E-state index is 14.1. The molecule has 14 heteroatoms. The second-order valence-electron chi connectivity index (χ2n) is 10.5. The Hall–Kier alpha value is -3.74. The molecule has 3 heterocycles. The van der Waals surface area contributed by atoms with E-state index < -0.39 is 68.1 Å². The molecule has 0 bridgehead atoms. The highest BCUT2D eigenvalue weighted by molar-refractivity contribution is 7.52. The van der Waals surface area contributed by atoms with Gasteiger partial charge in [-0.25, -0.2) is 9.36 Å². The van der Waals surface area contributed by atoms with Crippen molar-refractivity contribution in [3.8, 4) is 5.75 Å². The van der Waals surface area contributed by atoms with Crippen LogP contribution in [0.2, 0.25) is 0 Å². The zero-order valence-electron chi connectivity index (χ0n) is 23.5. The van der Waals surface area contributed by atoms with E-state index in [2.05, 4.69) is 15.1 Å². The van der Waals surface area contributed by atoms with Gasteiger partial charge in [-0.1, -0.05) is 25.1 Å². The Bertz CT molecular complexity index is 1760. The van der Waals surface area contributed by atoms with Crippen molar-refractivity contribution in [1.82, 2.24) is 19.6 Å². The van der Waals surface area contributed by atoms with E-state index in [1.807, 2.05) is 24.3 Å². The summed E-state index contributed by atoms with van der Waals surface area (Å²) in [5, 5.41) is 15.3. The van der Waals surface area contributed by atoms with Crippen molar-refractivity contribution in [2.75, 3.05) is 6.61 Å². The molecule has 1 fully saturated rings. The fourth-order valence-electron chi connectivity index (χ4n) is 4.88. The fraction of sp³-hybridized carbons (Fsp3) is 0.393. The first-order valence-corrected chi connectivity index (χ1v) is 15.1. The zero-order valence-corrected chi connectivity index (χ0v) is 24.4. The SMILES string of the molecule is CC(C)OC(=O)C(C)NP(=O)(OCC1OC(n2ccc(=O)[nH]c2=O)C(C)C1O)Oc1ccc2[nH]c3ccccc3c2c1. The molecule has 0 amide bonds. The highest BCUT2D eigenvalue weighted by Gasteiger charge is 2.44. The molecule has 2 aromatic carbocycles. The number of aliphatic hydroxyl groups excluding tert-OH is 1. The van der Waals surface area contributed by atoms with E-state index in [0.717, 1.165) is 26.4 Å². The minimum absolute atomic E-state index is 0.214.